The molecule has 6 heteroatoms. The Kier molecular flexibility index (Phi) is 5.41. The third-order valence-corrected chi connectivity index (χ3v) is 3.35. The number of ether oxygens (including phenoxy) is 3. The molecule has 2 rings (SSSR count). The van der Waals surface area contributed by atoms with Crippen LogP contribution in [0.5, 0.6) is 17.2 Å². The van der Waals surface area contributed by atoms with Gasteiger partial charge in [0.2, 0.25) is 5.75 Å². The second kappa shape index (κ2) is 7.49. The molecule has 0 aliphatic rings. The molecule has 0 aliphatic carbocycles. The van der Waals surface area contributed by atoms with Crippen LogP contribution >= 0.6 is 0 Å². The van der Waals surface area contributed by atoms with Crippen molar-refractivity contribution in [3.05, 3.63) is 47.3 Å². The molecule has 0 aliphatic heterocycles. The Balaban J connectivity index is 2.13. The van der Waals surface area contributed by atoms with Crippen LogP contribution in [-0.2, 0) is 6.54 Å². The van der Waals surface area contributed by atoms with Crippen LogP contribution in [0.4, 0.5) is 0 Å². The van der Waals surface area contributed by atoms with Crippen molar-refractivity contribution in [2.24, 2.45) is 0 Å². The Labute approximate surface area is 135 Å². The van der Waals surface area contributed by atoms with E-state index in [4.69, 9.17) is 14.2 Å². The van der Waals surface area contributed by atoms with Crippen molar-refractivity contribution in [3.8, 4) is 17.2 Å². The number of methoxy groups -OCH3 is 3. The maximum atomic E-state index is 12.1. The fourth-order valence-corrected chi connectivity index (χ4v) is 2.12. The van der Waals surface area contributed by atoms with Crippen molar-refractivity contribution >= 4 is 5.91 Å². The van der Waals surface area contributed by atoms with E-state index in [0.717, 1.165) is 11.3 Å². The first kappa shape index (κ1) is 16.6. The lowest BCUT2D eigenvalue weighted by atomic mass is 10.1. The minimum Gasteiger partial charge on any atom is -0.493 e. The van der Waals surface area contributed by atoms with Gasteiger partial charge in [-0.05, 0) is 36.8 Å². The van der Waals surface area contributed by atoms with E-state index in [0.29, 0.717) is 29.4 Å². The highest BCUT2D eigenvalue weighted by atomic mass is 16.5. The molecule has 1 amide bonds. The molecule has 0 unspecified atom stereocenters. The summed E-state index contributed by atoms with van der Waals surface area (Å²) in [4.78, 5) is 16.2. The molecule has 0 atom stereocenters. The molecule has 1 aromatic carbocycles. The first-order valence-electron chi connectivity index (χ1n) is 7.08. The SMILES string of the molecule is COc1cc(CNC(=O)c2ccc(C)nc2)cc(OC)c1OC. The van der Waals surface area contributed by atoms with Gasteiger partial charge in [0.15, 0.2) is 11.5 Å². The highest BCUT2D eigenvalue weighted by Gasteiger charge is 2.14. The monoisotopic (exact) mass is 316 g/mol. The first-order chi connectivity index (χ1) is 11.1. The van der Waals surface area contributed by atoms with Gasteiger partial charge in [-0.1, -0.05) is 0 Å². The Hall–Kier alpha value is -2.76. The molecule has 0 fully saturated rings. The molecular formula is C17H20N2O4. The number of rotatable bonds is 6. The predicted octanol–water partition coefficient (Wildman–Crippen LogP) is 2.35. The topological polar surface area (TPSA) is 69.7 Å². The van der Waals surface area contributed by atoms with E-state index in [-0.39, 0.29) is 5.91 Å². The second-order valence-corrected chi connectivity index (χ2v) is 4.90. The summed E-state index contributed by atoms with van der Waals surface area (Å²) in [7, 11) is 4.65. The highest BCUT2D eigenvalue weighted by molar-refractivity contribution is 5.93. The van der Waals surface area contributed by atoms with Crippen molar-refractivity contribution in [2.75, 3.05) is 21.3 Å². The number of aryl methyl sites for hydroxylation is 1. The molecule has 1 heterocycles. The van der Waals surface area contributed by atoms with E-state index in [2.05, 4.69) is 10.3 Å². The molecule has 0 bridgehead atoms. The van der Waals surface area contributed by atoms with E-state index in [9.17, 15) is 4.79 Å². The number of aromatic nitrogens is 1. The van der Waals surface area contributed by atoms with Crippen LogP contribution in [0.15, 0.2) is 30.5 Å². The third kappa shape index (κ3) is 3.91. The van der Waals surface area contributed by atoms with Gasteiger partial charge in [0.1, 0.15) is 0 Å². The van der Waals surface area contributed by atoms with Gasteiger partial charge in [0, 0.05) is 18.4 Å². The Morgan fingerprint density at radius 3 is 2.22 bits per heavy atom. The van der Waals surface area contributed by atoms with Gasteiger partial charge in [-0.15, -0.1) is 0 Å². The minimum atomic E-state index is -0.189. The van der Waals surface area contributed by atoms with Gasteiger partial charge in [0.05, 0.1) is 26.9 Å². The molecule has 2 aromatic rings. The number of nitrogens with zero attached hydrogens (tertiary/aromatic N) is 1. The third-order valence-electron chi connectivity index (χ3n) is 3.35. The second-order valence-electron chi connectivity index (χ2n) is 4.90. The molecule has 1 N–H and O–H groups in total. The summed E-state index contributed by atoms with van der Waals surface area (Å²) in [5, 5.41) is 2.84. The summed E-state index contributed by atoms with van der Waals surface area (Å²) in [5.74, 6) is 1.43. The van der Waals surface area contributed by atoms with Gasteiger partial charge in [-0.3, -0.25) is 9.78 Å². The number of hydrogen-bond donors (Lipinski definition) is 1. The number of amides is 1. The van der Waals surface area contributed by atoms with Crippen LogP contribution in [0, 0.1) is 6.92 Å². The molecule has 1 aromatic heterocycles. The summed E-state index contributed by atoms with van der Waals surface area (Å²) in [6, 6.07) is 7.14. The lowest BCUT2D eigenvalue weighted by Gasteiger charge is -2.14. The number of hydrogen-bond acceptors (Lipinski definition) is 5. The standard InChI is InChI=1S/C17H20N2O4/c1-11-5-6-13(10-18-11)17(20)19-9-12-7-14(21-2)16(23-4)15(8-12)22-3/h5-8,10H,9H2,1-4H3,(H,19,20). The average molecular weight is 316 g/mol. The maximum absolute atomic E-state index is 12.1. The highest BCUT2D eigenvalue weighted by Crippen LogP contribution is 2.38. The van der Waals surface area contributed by atoms with Crippen LogP contribution in [0.1, 0.15) is 21.6 Å². The van der Waals surface area contributed by atoms with E-state index in [1.54, 1.807) is 51.8 Å². The summed E-state index contributed by atoms with van der Waals surface area (Å²) in [6.45, 7) is 2.21. The van der Waals surface area contributed by atoms with E-state index < -0.39 is 0 Å². The lowest BCUT2D eigenvalue weighted by Crippen LogP contribution is -2.23. The van der Waals surface area contributed by atoms with Gasteiger partial charge in [0.25, 0.3) is 5.91 Å². The quantitative estimate of drug-likeness (QED) is 0.886. The summed E-state index contributed by atoms with van der Waals surface area (Å²) < 4.78 is 15.9. The van der Waals surface area contributed by atoms with E-state index in [1.165, 1.54) is 0 Å². The molecular weight excluding hydrogens is 296 g/mol. The zero-order chi connectivity index (χ0) is 16.8. The summed E-state index contributed by atoms with van der Waals surface area (Å²) >= 11 is 0. The van der Waals surface area contributed by atoms with Crippen molar-refractivity contribution in [1.29, 1.82) is 0 Å². The molecule has 122 valence electrons. The fraction of sp³-hybridized carbons (Fsp3) is 0.294. The molecule has 0 radical (unpaired) electrons. The van der Waals surface area contributed by atoms with E-state index in [1.807, 2.05) is 6.92 Å². The number of benzene rings is 1. The van der Waals surface area contributed by atoms with Crippen LogP contribution < -0.4 is 19.5 Å². The van der Waals surface area contributed by atoms with Gasteiger partial charge in [-0.2, -0.15) is 0 Å². The van der Waals surface area contributed by atoms with Crippen molar-refractivity contribution in [3.63, 3.8) is 0 Å². The van der Waals surface area contributed by atoms with Crippen molar-refractivity contribution < 1.29 is 19.0 Å². The van der Waals surface area contributed by atoms with Gasteiger partial charge >= 0.3 is 0 Å². The molecule has 23 heavy (non-hydrogen) atoms. The lowest BCUT2D eigenvalue weighted by molar-refractivity contribution is 0.0950. The molecule has 0 spiro atoms. The predicted molar refractivity (Wildman–Crippen MR) is 86.2 cm³/mol. The molecule has 0 saturated carbocycles. The Morgan fingerprint density at radius 1 is 1.09 bits per heavy atom. The van der Waals surface area contributed by atoms with Crippen LogP contribution in [0.3, 0.4) is 0 Å². The smallest absolute Gasteiger partial charge is 0.253 e. The van der Waals surface area contributed by atoms with Gasteiger partial charge in [-0.25, -0.2) is 0 Å². The zero-order valence-corrected chi connectivity index (χ0v) is 13.7. The van der Waals surface area contributed by atoms with E-state index >= 15 is 0 Å². The number of carbonyl (C=O) groups is 1. The fourth-order valence-electron chi connectivity index (χ4n) is 2.12. The maximum Gasteiger partial charge on any atom is 0.253 e. The number of nitrogens with one attached hydrogen (secondary N) is 1. The van der Waals surface area contributed by atoms with Crippen LogP contribution in [0.2, 0.25) is 0 Å². The number of pyridine rings is 1. The zero-order valence-electron chi connectivity index (χ0n) is 13.7. The summed E-state index contributed by atoms with van der Waals surface area (Å²) in [6.07, 6.45) is 1.56. The molecule has 0 saturated heterocycles. The largest absolute Gasteiger partial charge is 0.493 e. The average Bonchev–Trinajstić information content (AvgIpc) is 2.59. The van der Waals surface area contributed by atoms with Crippen LogP contribution in [0.25, 0.3) is 0 Å². The van der Waals surface area contributed by atoms with Crippen LogP contribution in [-0.4, -0.2) is 32.2 Å². The Morgan fingerprint density at radius 2 is 1.74 bits per heavy atom. The van der Waals surface area contributed by atoms with Crippen molar-refractivity contribution in [2.45, 2.75) is 13.5 Å². The molecule has 6 nitrogen and oxygen atoms in total. The summed E-state index contributed by atoms with van der Waals surface area (Å²) in [5.41, 5.74) is 2.22. The normalized spacial score (nSPS) is 10.1. The van der Waals surface area contributed by atoms with Gasteiger partial charge < -0.3 is 19.5 Å². The minimum absolute atomic E-state index is 0.189. The first-order valence-corrected chi connectivity index (χ1v) is 7.08. The Bertz CT molecular complexity index is 658. The number of carbonyl (C=O) groups excluding carboxylic acids is 1. The van der Waals surface area contributed by atoms with Crippen molar-refractivity contribution in [1.82, 2.24) is 10.3 Å².